The second-order valence-corrected chi connectivity index (χ2v) is 10.1. The molecular weight excluding hydrogens is 505 g/mol. The summed E-state index contributed by atoms with van der Waals surface area (Å²) in [5.74, 6) is 0.0102. The third kappa shape index (κ3) is 4.74. The molecule has 0 aliphatic carbocycles. The summed E-state index contributed by atoms with van der Waals surface area (Å²) >= 11 is 0. The van der Waals surface area contributed by atoms with Crippen molar-refractivity contribution in [3.63, 3.8) is 0 Å². The number of hydrogen-bond acceptors (Lipinski definition) is 10. The zero-order valence-electron chi connectivity index (χ0n) is 21.5. The number of aromatic nitrogens is 6. The minimum Gasteiger partial charge on any atom is -0.373 e. The van der Waals surface area contributed by atoms with Crippen LogP contribution < -0.4 is 5.32 Å². The molecule has 2 N–H and O–H groups in total. The van der Waals surface area contributed by atoms with Gasteiger partial charge in [0.05, 0.1) is 35.0 Å². The summed E-state index contributed by atoms with van der Waals surface area (Å²) in [5, 5.41) is 22.4. The predicted octanol–water partition coefficient (Wildman–Crippen LogP) is 2.40. The normalized spacial score (nSPS) is 23.9. The molecule has 0 bridgehead atoms. The highest BCUT2D eigenvalue weighted by molar-refractivity contribution is 5.87. The van der Waals surface area contributed by atoms with Crippen LogP contribution in [0, 0.1) is 0 Å². The van der Waals surface area contributed by atoms with Crippen molar-refractivity contribution in [1.29, 1.82) is 0 Å². The molecule has 2 aliphatic heterocycles. The molecular formula is C26H28FN9O3. The van der Waals surface area contributed by atoms with Crippen LogP contribution in [0.1, 0.15) is 24.6 Å². The fraction of sp³-hybridized carbons (Fsp3) is 0.385. The second-order valence-electron chi connectivity index (χ2n) is 10.1. The molecule has 202 valence electrons. The SMILES string of the molecule is CN1CC[C@@H](n2cc(Nc3nccc(-c4cccc(-c5cc([C@]6(O)CCN(C)C6=O)on5)n4)n3)cn2)[C@H](F)C1. The number of rotatable bonds is 6. The number of pyridine rings is 1. The average Bonchev–Trinajstić information content (AvgIpc) is 3.67. The van der Waals surface area contributed by atoms with Crippen molar-refractivity contribution in [2.75, 3.05) is 39.0 Å². The Morgan fingerprint density at radius 1 is 1.13 bits per heavy atom. The summed E-state index contributed by atoms with van der Waals surface area (Å²) in [5.41, 5.74) is 0.953. The van der Waals surface area contributed by atoms with Gasteiger partial charge in [-0.15, -0.1) is 0 Å². The minimum absolute atomic E-state index is 0.0902. The molecule has 2 saturated heterocycles. The Hall–Kier alpha value is -4.23. The highest BCUT2D eigenvalue weighted by Crippen LogP contribution is 2.34. The molecule has 0 radical (unpaired) electrons. The number of anilines is 2. The van der Waals surface area contributed by atoms with E-state index in [4.69, 9.17) is 4.52 Å². The van der Waals surface area contributed by atoms with Crippen LogP contribution in [0.3, 0.4) is 0 Å². The van der Waals surface area contributed by atoms with Gasteiger partial charge in [-0.1, -0.05) is 11.2 Å². The van der Waals surface area contributed by atoms with Crippen LogP contribution in [0.4, 0.5) is 16.0 Å². The van der Waals surface area contributed by atoms with E-state index in [1.165, 1.54) is 4.90 Å². The van der Waals surface area contributed by atoms with Gasteiger partial charge in [0.2, 0.25) is 11.5 Å². The fourth-order valence-corrected chi connectivity index (χ4v) is 5.01. The molecule has 13 heteroatoms. The Bertz CT molecular complexity index is 1510. The number of likely N-dealkylation sites (tertiary alicyclic amines) is 2. The molecule has 0 aromatic carbocycles. The first kappa shape index (κ1) is 25.1. The number of nitrogens with zero attached hydrogens (tertiary/aromatic N) is 8. The maximum atomic E-state index is 14.6. The lowest BCUT2D eigenvalue weighted by molar-refractivity contribution is -0.144. The molecule has 6 heterocycles. The smallest absolute Gasteiger partial charge is 0.262 e. The summed E-state index contributed by atoms with van der Waals surface area (Å²) in [6.07, 6.45) is 4.93. The van der Waals surface area contributed by atoms with Crippen LogP contribution in [0.2, 0.25) is 0 Å². The van der Waals surface area contributed by atoms with Crippen LogP contribution in [0.15, 0.2) is 53.4 Å². The number of likely N-dealkylation sites (N-methyl/N-ethyl adjacent to an activating group) is 1. The number of nitrogens with one attached hydrogen (secondary N) is 1. The first-order valence-electron chi connectivity index (χ1n) is 12.7. The Labute approximate surface area is 223 Å². The standard InChI is InChI=1S/C26H28FN9O3/c1-34-10-7-22(17(27)15-34)36-14-16(13-29-36)30-25-28-9-6-20(32-25)18-4-3-5-19(31-18)21-12-23(39-33-21)26(38)8-11-35(2)24(26)37/h3-6,9,12-14,17,22,38H,7-8,10-11,15H2,1-2H3,(H,28,30,32)/t17-,22-,26-/m1/s1. The largest absolute Gasteiger partial charge is 0.373 e. The maximum Gasteiger partial charge on any atom is 0.262 e. The Morgan fingerprint density at radius 3 is 2.69 bits per heavy atom. The number of carbonyl (C=O) groups is 1. The van der Waals surface area contributed by atoms with Crippen molar-refractivity contribution in [2.24, 2.45) is 0 Å². The van der Waals surface area contributed by atoms with Gasteiger partial charge in [0.1, 0.15) is 11.9 Å². The number of halogens is 1. The van der Waals surface area contributed by atoms with Gasteiger partial charge in [-0.2, -0.15) is 5.10 Å². The summed E-state index contributed by atoms with van der Waals surface area (Å²) in [7, 11) is 3.55. The van der Waals surface area contributed by atoms with Gasteiger partial charge in [0.25, 0.3) is 5.91 Å². The summed E-state index contributed by atoms with van der Waals surface area (Å²) in [4.78, 5) is 29.4. The molecule has 6 rings (SSSR count). The van der Waals surface area contributed by atoms with Gasteiger partial charge < -0.3 is 24.7 Å². The van der Waals surface area contributed by atoms with Crippen molar-refractivity contribution in [3.8, 4) is 22.8 Å². The lowest BCUT2D eigenvalue weighted by atomic mass is 9.98. The van der Waals surface area contributed by atoms with Crippen LogP contribution in [0.25, 0.3) is 22.8 Å². The first-order valence-corrected chi connectivity index (χ1v) is 12.7. The molecule has 1 amide bonds. The molecule has 12 nitrogen and oxygen atoms in total. The van der Waals surface area contributed by atoms with Gasteiger partial charge >= 0.3 is 0 Å². The molecule has 0 spiro atoms. The number of amides is 1. The zero-order chi connectivity index (χ0) is 27.1. The van der Waals surface area contributed by atoms with E-state index < -0.39 is 17.7 Å². The summed E-state index contributed by atoms with van der Waals surface area (Å²) < 4.78 is 21.6. The summed E-state index contributed by atoms with van der Waals surface area (Å²) in [6, 6.07) is 8.34. The van der Waals surface area contributed by atoms with Gasteiger partial charge in [-0.05, 0) is 31.7 Å². The number of piperidine rings is 1. The molecule has 0 saturated carbocycles. The van der Waals surface area contributed by atoms with Gasteiger partial charge in [0, 0.05) is 51.6 Å². The second kappa shape index (κ2) is 9.82. The molecule has 4 aromatic heterocycles. The highest BCUT2D eigenvalue weighted by Gasteiger charge is 2.48. The van der Waals surface area contributed by atoms with E-state index in [0.29, 0.717) is 53.9 Å². The minimum atomic E-state index is -1.73. The molecule has 39 heavy (non-hydrogen) atoms. The third-order valence-electron chi connectivity index (χ3n) is 7.26. The summed E-state index contributed by atoms with van der Waals surface area (Å²) in [6.45, 7) is 1.63. The van der Waals surface area contributed by atoms with Crippen LogP contribution in [-0.4, -0.2) is 90.6 Å². The average molecular weight is 534 g/mol. The van der Waals surface area contributed by atoms with E-state index in [1.807, 2.05) is 18.0 Å². The fourth-order valence-electron chi connectivity index (χ4n) is 5.01. The third-order valence-corrected chi connectivity index (χ3v) is 7.26. The van der Waals surface area contributed by atoms with E-state index in [0.717, 1.165) is 6.54 Å². The highest BCUT2D eigenvalue weighted by atomic mass is 19.1. The number of hydrogen-bond donors (Lipinski definition) is 2. The lowest BCUT2D eigenvalue weighted by Crippen LogP contribution is -2.40. The van der Waals surface area contributed by atoms with Crippen molar-refractivity contribution < 1.29 is 18.8 Å². The Morgan fingerprint density at radius 2 is 1.92 bits per heavy atom. The molecule has 4 aromatic rings. The van der Waals surface area contributed by atoms with Crippen LogP contribution in [0.5, 0.6) is 0 Å². The van der Waals surface area contributed by atoms with E-state index in [9.17, 15) is 14.3 Å². The zero-order valence-corrected chi connectivity index (χ0v) is 21.5. The van der Waals surface area contributed by atoms with E-state index >= 15 is 0 Å². The molecule has 2 aliphatic rings. The van der Waals surface area contributed by atoms with Gasteiger partial charge in [0.15, 0.2) is 5.76 Å². The molecule has 2 fully saturated rings. The predicted molar refractivity (Wildman–Crippen MR) is 138 cm³/mol. The van der Waals surface area contributed by atoms with Gasteiger partial charge in [-0.3, -0.25) is 9.48 Å². The van der Waals surface area contributed by atoms with Crippen LogP contribution in [-0.2, 0) is 10.4 Å². The first-order chi connectivity index (χ1) is 18.8. The Balaban J connectivity index is 1.19. The van der Waals surface area contributed by atoms with Crippen LogP contribution >= 0.6 is 0 Å². The van der Waals surface area contributed by atoms with E-state index in [1.54, 1.807) is 54.6 Å². The monoisotopic (exact) mass is 533 g/mol. The van der Waals surface area contributed by atoms with Crippen molar-refractivity contribution in [1.82, 2.24) is 39.7 Å². The number of aliphatic hydroxyl groups is 1. The Kier molecular flexibility index (Phi) is 6.31. The quantitative estimate of drug-likeness (QED) is 0.380. The van der Waals surface area contributed by atoms with Gasteiger partial charge in [-0.25, -0.2) is 19.3 Å². The van der Waals surface area contributed by atoms with E-state index in [-0.39, 0.29) is 18.2 Å². The topological polar surface area (TPSA) is 138 Å². The number of carbonyl (C=O) groups excluding carboxylic acids is 1. The molecule has 0 unspecified atom stereocenters. The van der Waals surface area contributed by atoms with E-state index in [2.05, 4.69) is 30.5 Å². The van der Waals surface area contributed by atoms with Crippen molar-refractivity contribution in [3.05, 3.63) is 54.7 Å². The number of alkyl halides is 1. The maximum absolute atomic E-state index is 14.6. The van der Waals surface area contributed by atoms with Crippen molar-refractivity contribution >= 4 is 17.5 Å². The van der Waals surface area contributed by atoms with Crippen molar-refractivity contribution in [2.45, 2.75) is 30.7 Å². The lowest BCUT2D eigenvalue weighted by Gasteiger charge is -2.32. The molecule has 3 atom stereocenters.